The van der Waals surface area contributed by atoms with E-state index in [2.05, 4.69) is 4.76 Å². The van der Waals surface area contributed by atoms with Crippen molar-refractivity contribution < 1.29 is 51.7 Å². The number of carbonyl (C=O) groups is 3. The van der Waals surface area contributed by atoms with Gasteiger partial charge in [-0.25, -0.2) is 14.2 Å². The molecule has 14 nitrogen and oxygen atoms in total. The topological polar surface area (TPSA) is 175 Å². The third-order valence-electron chi connectivity index (χ3n) is 5.20. The summed E-state index contributed by atoms with van der Waals surface area (Å²) in [7, 11) is -2.57. The first-order valence-corrected chi connectivity index (χ1v) is 15.9. The van der Waals surface area contributed by atoms with Crippen LogP contribution in [0.25, 0.3) is 0 Å². The van der Waals surface area contributed by atoms with Gasteiger partial charge in [-0.2, -0.15) is 0 Å². The van der Waals surface area contributed by atoms with Gasteiger partial charge in [0, 0.05) is 7.05 Å². The van der Waals surface area contributed by atoms with Gasteiger partial charge in [0.2, 0.25) is 5.96 Å². The van der Waals surface area contributed by atoms with Gasteiger partial charge < -0.3 is 34.3 Å². The first-order valence-electron chi connectivity index (χ1n) is 14.4. The first kappa shape index (κ1) is 38.4. The second-order valence-electron chi connectivity index (χ2n) is 9.04. The predicted molar refractivity (Wildman–Crippen MR) is 153 cm³/mol. The van der Waals surface area contributed by atoms with Crippen molar-refractivity contribution in [1.29, 1.82) is 0 Å². The minimum Gasteiger partial charge on any atom is -0.464 e. The van der Waals surface area contributed by atoms with Gasteiger partial charge in [-0.1, -0.05) is 40.0 Å². The van der Waals surface area contributed by atoms with Gasteiger partial charge in [-0.15, -0.1) is 4.76 Å². The Kier molecular flexibility index (Phi) is 23.6. The van der Waals surface area contributed by atoms with E-state index in [0.717, 1.165) is 38.5 Å². The Hall–Kier alpha value is -2.57. The SMILES string of the molecule is CCCCOC(=O)CN(C)C(N)=NP(=O)(OCCCCOC(=O)OCCCC)OCCCCOC(=O)OCCCC. The molecule has 0 rings (SSSR count). The van der Waals surface area contributed by atoms with Crippen LogP contribution in [0, 0.1) is 0 Å². The van der Waals surface area contributed by atoms with Gasteiger partial charge in [0.25, 0.3) is 0 Å². The quantitative estimate of drug-likeness (QED) is 0.0377. The number of carbonyl (C=O) groups excluding carboxylic acids is 3. The van der Waals surface area contributed by atoms with Crippen molar-refractivity contribution in [1.82, 2.24) is 4.90 Å². The maximum absolute atomic E-state index is 13.3. The molecule has 0 heterocycles. The summed E-state index contributed by atoms with van der Waals surface area (Å²) in [6, 6.07) is 0. The summed E-state index contributed by atoms with van der Waals surface area (Å²) in [5, 5.41) is 0. The summed E-state index contributed by atoms with van der Waals surface area (Å²) in [5.41, 5.74) is 5.97. The number of likely N-dealkylation sites (N-methyl/N-ethyl adjacent to an activating group) is 1. The Balaban J connectivity index is 4.79. The fourth-order valence-corrected chi connectivity index (χ4v) is 4.02. The molecule has 0 saturated carbocycles. The molecule has 0 radical (unpaired) electrons. The van der Waals surface area contributed by atoms with Crippen molar-refractivity contribution in [3.8, 4) is 0 Å². The van der Waals surface area contributed by atoms with E-state index in [-0.39, 0.29) is 38.9 Å². The van der Waals surface area contributed by atoms with E-state index in [9.17, 15) is 18.9 Å². The predicted octanol–water partition coefficient (Wildman–Crippen LogP) is 5.18. The van der Waals surface area contributed by atoms with Crippen molar-refractivity contribution in [2.45, 2.75) is 85.0 Å². The van der Waals surface area contributed by atoms with Gasteiger partial charge in [0.15, 0.2) is 0 Å². The van der Waals surface area contributed by atoms with Crippen LogP contribution in [-0.4, -0.2) is 89.0 Å². The van der Waals surface area contributed by atoms with E-state index in [1.54, 1.807) is 0 Å². The van der Waals surface area contributed by atoms with E-state index in [1.165, 1.54) is 11.9 Å². The Morgan fingerprint density at radius 3 is 1.41 bits per heavy atom. The number of ether oxygens (including phenoxy) is 5. The Bertz CT molecular complexity index is 761. The van der Waals surface area contributed by atoms with Gasteiger partial charge in [-0.05, 0) is 44.9 Å². The molecule has 41 heavy (non-hydrogen) atoms. The summed E-state index contributed by atoms with van der Waals surface area (Å²) in [4.78, 5) is 36.3. The lowest BCUT2D eigenvalue weighted by Crippen LogP contribution is -2.38. The highest BCUT2D eigenvalue weighted by atomic mass is 31.2. The van der Waals surface area contributed by atoms with Crippen LogP contribution in [0.5, 0.6) is 0 Å². The number of nitrogens with two attached hydrogens (primary N) is 1. The number of hydrogen-bond donors (Lipinski definition) is 1. The van der Waals surface area contributed by atoms with Crippen LogP contribution < -0.4 is 5.73 Å². The number of unbranched alkanes of at least 4 members (excludes halogenated alkanes) is 5. The Morgan fingerprint density at radius 1 is 0.634 bits per heavy atom. The van der Waals surface area contributed by atoms with Gasteiger partial charge in [0.1, 0.15) is 6.54 Å². The smallest absolute Gasteiger partial charge is 0.464 e. The van der Waals surface area contributed by atoms with Gasteiger partial charge >= 0.3 is 26.0 Å². The largest absolute Gasteiger partial charge is 0.508 e. The summed E-state index contributed by atoms with van der Waals surface area (Å²) < 4.78 is 53.1. The summed E-state index contributed by atoms with van der Waals surface area (Å²) in [6.45, 7) is 6.83. The molecule has 0 bridgehead atoms. The third kappa shape index (κ3) is 22.8. The molecule has 0 aromatic carbocycles. The zero-order chi connectivity index (χ0) is 30.8. The highest BCUT2D eigenvalue weighted by molar-refractivity contribution is 7.52. The molecule has 240 valence electrons. The molecule has 0 aliphatic heterocycles. The van der Waals surface area contributed by atoms with Crippen LogP contribution in [0.3, 0.4) is 0 Å². The molecule has 0 unspecified atom stereocenters. The molecule has 0 fully saturated rings. The van der Waals surface area contributed by atoms with Crippen LogP contribution in [0.4, 0.5) is 9.59 Å². The molecule has 0 spiro atoms. The highest BCUT2D eigenvalue weighted by Crippen LogP contribution is 2.50. The Labute approximate surface area is 244 Å². The molecule has 0 aliphatic rings. The minimum absolute atomic E-state index is 0.0161. The fourth-order valence-electron chi connectivity index (χ4n) is 2.71. The van der Waals surface area contributed by atoms with Crippen LogP contribution >= 0.6 is 7.75 Å². The van der Waals surface area contributed by atoms with E-state index >= 15 is 0 Å². The fraction of sp³-hybridized carbons (Fsp3) is 0.846. The standard InChI is InChI=1S/C26H50N3O11P/c1-5-8-15-34-23(30)22-29(4)24(27)28-41(33,39-20-13-11-18-37-25(31)35-16-9-6-2)40-21-14-12-19-38-26(32)36-17-10-7-3/h5-22H2,1-4H3,(H2,27,28,33). The molecule has 0 aromatic heterocycles. The van der Waals surface area contributed by atoms with E-state index in [4.69, 9.17) is 38.5 Å². The molecular weight excluding hydrogens is 561 g/mol. The maximum atomic E-state index is 13.3. The lowest BCUT2D eigenvalue weighted by atomic mass is 10.3. The van der Waals surface area contributed by atoms with Gasteiger partial charge in [-0.3, -0.25) is 13.8 Å². The third-order valence-corrected chi connectivity index (χ3v) is 6.67. The molecule has 0 amide bonds. The zero-order valence-electron chi connectivity index (χ0n) is 25.1. The molecule has 2 N–H and O–H groups in total. The normalized spacial score (nSPS) is 11.6. The van der Waals surface area contributed by atoms with Crippen molar-refractivity contribution in [2.24, 2.45) is 10.5 Å². The second-order valence-corrected chi connectivity index (χ2v) is 10.7. The van der Waals surface area contributed by atoms with Crippen molar-refractivity contribution in [3.63, 3.8) is 0 Å². The summed E-state index contributed by atoms with van der Waals surface area (Å²) in [5.74, 6) is -0.727. The average Bonchev–Trinajstić information content (AvgIpc) is 2.93. The molecule has 0 aliphatic carbocycles. The zero-order valence-corrected chi connectivity index (χ0v) is 26.0. The maximum Gasteiger partial charge on any atom is 0.508 e. The molecule has 15 heteroatoms. The number of esters is 1. The monoisotopic (exact) mass is 611 g/mol. The first-order chi connectivity index (χ1) is 19.7. The van der Waals surface area contributed by atoms with Crippen LogP contribution in [0.1, 0.15) is 85.0 Å². The number of rotatable bonds is 24. The molecule has 0 atom stereocenters. The average molecular weight is 612 g/mol. The van der Waals surface area contributed by atoms with Crippen LogP contribution in [0.15, 0.2) is 4.76 Å². The van der Waals surface area contributed by atoms with E-state index in [0.29, 0.717) is 45.5 Å². The summed E-state index contributed by atoms with van der Waals surface area (Å²) >= 11 is 0. The van der Waals surface area contributed by atoms with E-state index < -0.39 is 26.0 Å². The minimum atomic E-state index is -4.07. The molecule has 0 aromatic rings. The number of nitrogens with zero attached hydrogens (tertiary/aromatic N) is 2. The molecule has 0 saturated heterocycles. The lowest BCUT2D eigenvalue weighted by molar-refractivity contribution is -0.143. The van der Waals surface area contributed by atoms with Crippen molar-refractivity contribution >= 4 is 32.0 Å². The highest BCUT2D eigenvalue weighted by Gasteiger charge is 2.26. The van der Waals surface area contributed by atoms with E-state index in [1.807, 2.05) is 20.8 Å². The number of guanidine groups is 1. The lowest BCUT2D eigenvalue weighted by Gasteiger charge is -2.20. The van der Waals surface area contributed by atoms with Gasteiger partial charge in [0.05, 0.1) is 46.2 Å². The van der Waals surface area contributed by atoms with Crippen molar-refractivity contribution in [2.75, 3.05) is 59.8 Å². The Morgan fingerprint density at radius 2 is 1.00 bits per heavy atom. The molecular formula is C26H50N3O11P. The number of hydrogen-bond acceptors (Lipinski definition) is 11. The van der Waals surface area contributed by atoms with Crippen LogP contribution in [0.2, 0.25) is 0 Å². The summed E-state index contributed by atoms with van der Waals surface area (Å²) in [6.07, 6.45) is 5.11. The second kappa shape index (κ2) is 25.2. The van der Waals surface area contributed by atoms with Crippen molar-refractivity contribution in [3.05, 3.63) is 0 Å². The van der Waals surface area contributed by atoms with Crippen LogP contribution in [-0.2, 0) is 42.1 Å².